The fraction of sp³-hybridized carbons (Fsp3) is 0.538. The highest BCUT2D eigenvalue weighted by molar-refractivity contribution is 6.30. The van der Waals surface area contributed by atoms with Gasteiger partial charge in [-0.1, -0.05) is 11.6 Å². The minimum absolute atomic E-state index is 0.808. The molecule has 16 heavy (non-hydrogen) atoms. The van der Waals surface area contributed by atoms with Crippen molar-refractivity contribution in [2.24, 2.45) is 0 Å². The van der Waals surface area contributed by atoms with E-state index < -0.39 is 0 Å². The van der Waals surface area contributed by atoms with E-state index in [1.54, 1.807) is 0 Å². The molecule has 1 aliphatic heterocycles. The number of aryl methyl sites for hydroxylation is 1. The molecule has 2 nitrogen and oxygen atoms in total. The maximum Gasteiger partial charge on any atom is 0.0410 e. The fourth-order valence-electron chi connectivity index (χ4n) is 2.18. The molecule has 2 rings (SSSR count). The molecule has 1 aromatic rings. The van der Waals surface area contributed by atoms with Crippen molar-refractivity contribution in [3.05, 3.63) is 28.8 Å². The van der Waals surface area contributed by atoms with E-state index in [1.165, 1.54) is 37.2 Å². The Hall–Kier alpha value is -0.730. The van der Waals surface area contributed by atoms with Gasteiger partial charge < -0.3 is 10.2 Å². The summed E-state index contributed by atoms with van der Waals surface area (Å²) in [6, 6.07) is 5.99. The van der Waals surface area contributed by atoms with Crippen LogP contribution < -0.4 is 5.32 Å². The average molecular weight is 239 g/mol. The molecule has 0 amide bonds. The third kappa shape index (κ3) is 3.13. The molecule has 1 fully saturated rings. The van der Waals surface area contributed by atoms with E-state index in [1.807, 2.05) is 12.1 Å². The summed E-state index contributed by atoms with van der Waals surface area (Å²) in [5.74, 6) is 0. The van der Waals surface area contributed by atoms with Gasteiger partial charge in [0.15, 0.2) is 0 Å². The Morgan fingerprint density at radius 2 is 2.06 bits per heavy atom. The SMILES string of the molecule is Cc1cc(Cl)ccc1NCCN1CCCC1. The molecule has 0 unspecified atom stereocenters. The molecule has 3 heteroatoms. The number of nitrogens with zero attached hydrogens (tertiary/aromatic N) is 1. The van der Waals surface area contributed by atoms with Crippen molar-refractivity contribution < 1.29 is 0 Å². The van der Waals surface area contributed by atoms with Crippen molar-refractivity contribution in [1.29, 1.82) is 0 Å². The zero-order valence-corrected chi connectivity index (χ0v) is 10.6. The van der Waals surface area contributed by atoms with Crippen molar-refractivity contribution in [2.45, 2.75) is 19.8 Å². The second-order valence-electron chi connectivity index (χ2n) is 4.43. The minimum Gasteiger partial charge on any atom is -0.384 e. The molecule has 0 radical (unpaired) electrons. The fourth-order valence-corrected chi connectivity index (χ4v) is 2.41. The number of anilines is 1. The van der Waals surface area contributed by atoms with Crippen molar-refractivity contribution in [2.75, 3.05) is 31.5 Å². The van der Waals surface area contributed by atoms with E-state index in [0.29, 0.717) is 0 Å². The highest BCUT2D eigenvalue weighted by Gasteiger charge is 2.10. The number of likely N-dealkylation sites (tertiary alicyclic amines) is 1. The van der Waals surface area contributed by atoms with Gasteiger partial charge in [0, 0.05) is 23.8 Å². The maximum atomic E-state index is 5.92. The first-order valence-electron chi connectivity index (χ1n) is 5.98. The van der Waals surface area contributed by atoms with Gasteiger partial charge in [0.2, 0.25) is 0 Å². The van der Waals surface area contributed by atoms with Gasteiger partial charge in [-0.3, -0.25) is 0 Å². The van der Waals surface area contributed by atoms with Gasteiger partial charge in [-0.2, -0.15) is 0 Å². The lowest BCUT2D eigenvalue weighted by molar-refractivity contribution is 0.352. The van der Waals surface area contributed by atoms with Crippen LogP contribution in [0.2, 0.25) is 5.02 Å². The van der Waals surface area contributed by atoms with Crippen LogP contribution in [0.1, 0.15) is 18.4 Å². The van der Waals surface area contributed by atoms with Crippen LogP contribution in [0.4, 0.5) is 5.69 Å². The van der Waals surface area contributed by atoms with Crippen LogP contribution in [0.15, 0.2) is 18.2 Å². The topological polar surface area (TPSA) is 15.3 Å². The van der Waals surface area contributed by atoms with E-state index in [2.05, 4.69) is 23.2 Å². The number of benzene rings is 1. The van der Waals surface area contributed by atoms with Gasteiger partial charge in [-0.05, 0) is 56.6 Å². The molecule has 0 aliphatic carbocycles. The highest BCUT2D eigenvalue weighted by Crippen LogP contribution is 2.19. The molecule has 1 saturated heterocycles. The first-order chi connectivity index (χ1) is 7.75. The molecular weight excluding hydrogens is 220 g/mol. The number of nitrogens with one attached hydrogen (secondary N) is 1. The Labute approximate surface area is 103 Å². The molecule has 1 heterocycles. The van der Waals surface area contributed by atoms with Crippen LogP contribution in [0.5, 0.6) is 0 Å². The second kappa shape index (κ2) is 5.55. The van der Waals surface area contributed by atoms with Gasteiger partial charge in [0.05, 0.1) is 0 Å². The molecule has 0 aromatic heterocycles. The number of hydrogen-bond donors (Lipinski definition) is 1. The summed E-state index contributed by atoms with van der Waals surface area (Å²) in [5.41, 5.74) is 2.41. The van der Waals surface area contributed by atoms with Crippen molar-refractivity contribution in [3.63, 3.8) is 0 Å². The summed E-state index contributed by atoms with van der Waals surface area (Å²) < 4.78 is 0. The van der Waals surface area contributed by atoms with Crippen molar-refractivity contribution >= 4 is 17.3 Å². The zero-order chi connectivity index (χ0) is 11.4. The summed E-state index contributed by atoms with van der Waals surface area (Å²) in [6.07, 6.45) is 2.72. The molecule has 0 spiro atoms. The standard InChI is InChI=1S/C13H19ClN2/c1-11-10-12(14)4-5-13(11)15-6-9-16-7-2-3-8-16/h4-5,10,15H,2-3,6-9H2,1H3. The van der Waals surface area contributed by atoms with Gasteiger partial charge >= 0.3 is 0 Å². The predicted octanol–water partition coefficient (Wildman–Crippen LogP) is 3.16. The Morgan fingerprint density at radius 1 is 1.31 bits per heavy atom. The van der Waals surface area contributed by atoms with Crippen molar-refractivity contribution in [3.8, 4) is 0 Å². The summed E-state index contributed by atoms with van der Waals surface area (Å²) in [4.78, 5) is 2.51. The Bertz CT molecular complexity index is 346. The van der Waals surface area contributed by atoms with Gasteiger partial charge in [-0.15, -0.1) is 0 Å². The van der Waals surface area contributed by atoms with Crippen LogP contribution in [-0.2, 0) is 0 Å². The van der Waals surface area contributed by atoms with Crippen LogP contribution in [0, 0.1) is 6.92 Å². The molecular formula is C13H19ClN2. The monoisotopic (exact) mass is 238 g/mol. The largest absolute Gasteiger partial charge is 0.384 e. The van der Waals surface area contributed by atoms with Crippen molar-refractivity contribution in [1.82, 2.24) is 4.90 Å². The lowest BCUT2D eigenvalue weighted by Gasteiger charge is -2.16. The third-order valence-corrected chi connectivity index (χ3v) is 3.37. The predicted molar refractivity (Wildman–Crippen MR) is 70.4 cm³/mol. The lowest BCUT2D eigenvalue weighted by atomic mass is 10.2. The molecule has 0 bridgehead atoms. The van der Waals surface area contributed by atoms with Crippen LogP contribution in [0.25, 0.3) is 0 Å². The molecule has 1 aliphatic rings. The number of halogens is 1. The Balaban J connectivity index is 1.80. The van der Waals surface area contributed by atoms with Crippen LogP contribution >= 0.6 is 11.6 Å². The minimum atomic E-state index is 0.808. The van der Waals surface area contributed by atoms with E-state index in [-0.39, 0.29) is 0 Å². The maximum absolute atomic E-state index is 5.92. The summed E-state index contributed by atoms with van der Waals surface area (Å²) in [7, 11) is 0. The number of hydrogen-bond acceptors (Lipinski definition) is 2. The van der Waals surface area contributed by atoms with Gasteiger partial charge in [0.25, 0.3) is 0 Å². The Morgan fingerprint density at radius 3 is 2.75 bits per heavy atom. The van der Waals surface area contributed by atoms with E-state index in [9.17, 15) is 0 Å². The lowest BCUT2D eigenvalue weighted by Crippen LogP contribution is -2.26. The van der Waals surface area contributed by atoms with Crippen LogP contribution in [0.3, 0.4) is 0 Å². The highest BCUT2D eigenvalue weighted by atomic mass is 35.5. The molecule has 0 saturated carbocycles. The smallest absolute Gasteiger partial charge is 0.0410 e. The van der Waals surface area contributed by atoms with Gasteiger partial charge in [0.1, 0.15) is 0 Å². The Kier molecular flexibility index (Phi) is 4.08. The number of rotatable bonds is 4. The summed E-state index contributed by atoms with van der Waals surface area (Å²) in [6.45, 7) is 6.77. The first-order valence-corrected chi connectivity index (χ1v) is 6.36. The molecule has 1 aromatic carbocycles. The van der Waals surface area contributed by atoms with E-state index in [0.717, 1.165) is 18.1 Å². The second-order valence-corrected chi connectivity index (χ2v) is 4.87. The molecule has 88 valence electrons. The molecule has 1 N–H and O–H groups in total. The first kappa shape index (κ1) is 11.7. The van der Waals surface area contributed by atoms with Crippen LogP contribution in [-0.4, -0.2) is 31.1 Å². The zero-order valence-electron chi connectivity index (χ0n) is 9.80. The third-order valence-electron chi connectivity index (χ3n) is 3.13. The average Bonchev–Trinajstić information content (AvgIpc) is 2.74. The summed E-state index contributed by atoms with van der Waals surface area (Å²) >= 11 is 5.92. The van der Waals surface area contributed by atoms with E-state index >= 15 is 0 Å². The quantitative estimate of drug-likeness (QED) is 0.867. The molecule has 0 atom stereocenters. The van der Waals surface area contributed by atoms with E-state index in [4.69, 9.17) is 11.6 Å². The summed E-state index contributed by atoms with van der Waals surface area (Å²) in [5, 5.41) is 4.27. The normalized spacial score (nSPS) is 16.6. The van der Waals surface area contributed by atoms with Gasteiger partial charge in [-0.25, -0.2) is 0 Å².